The molecule has 0 aliphatic carbocycles. The lowest BCUT2D eigenvalue weighted by molar-refractivity contribution is -0.662. The van der Waals surface area contributed by atoms with Crippen molar-refractivity contribution in [3.63, 3.8) is 0 Å². The van der Waals surface area contributed by atoms with E-state index in [1.54, 1.807) is 0 Å². The molecule has 26 heavy (non-hydrogen) atoms. The topological polar surface area (TPSA) is 17.0 Å². The summed E-state index contributed by atoms with van der Waals surface area (Å²) in [5.41, 5.74) is 2.22. The Morgan fingerprint density at radius 3 is 1.85 bits per heavy atom. The van der Waals surface area contributed by atoms with E-state index < -0.39 is 0 Å². The van der Waals surface area contributed by atoms with Gasteiger partial charge in [-0.15, -0.1) is 0 Å². The number of oxazole rings is 1. The van der Waals surface area contributed by atoms with E-state index in [4.69, 9.17) is 4.42 Å². The van der Waals surface area contributed by atoms with Crippen molar-refractivity contribution in [2.75, 3.05) is 0 Å². The highest BCUT2D eigenvalue weighted by Crippen LogP contribution is 2.33. The molecule has 0 unspecified atom stereocenters. The monoisotopic (exact) mass is 336 g/mol. The molecule has 5 rings (SSSR count). The number of hydrogen-bond acceptors (Lipinski definition) is 1. The lowest BCUT2D eigenvalue weighted by atomic mass is 10.0. The van der Waals surface area contributed by atoms with Gasteiger partial charge in [-0.2, -0.15) is 4.57 Å². The Morgan fingerprint density at radius 1 is 0.615 bits per heavy atom. The van der Waals surface area contributed by atoms with Crippen molar-refractivity contribution in [3.05, 3.63) is 91.1 Å². The van der Waals surface area contributed by atoms with Crippen LogP contribution in [0.15, 0.2) is 95.5 Å². The molecule has 5 aromatic rings. The smallest absolute Gasteiger partial charge is 0.381 e. The van der Waals surface area contributed by atoms with E-state index >= 15 is 0 Å². The fourth-order valence-electron chi connectivity index (χ4n) is 3.66. The Kier molecular flexibility index (Phi) is 3.36. The summed E-state index contributed by atoms with van der Waals surface area (Å²) in [6, 6.07) is 29.5. The van der Waals surface area contributed by atoms with Crippen LogP contribution in [0.1, 0.15) is 0 Å². The van der Waals surface area contributed by atoms with E-state index in [2.05, 4.69) is 95.7 Å². The van der Waals surface area contributed by atoms with Crippen LogP contribution in [0.5, 0.6) is 0 Å². The highest BCUT2D eigenvalue weighted by atomic mass is 16.4. The second-order valence-electron chi connectivity index (χ2n) is 6.56. The molecule has 0 radical (unpaired) electrons. The van der Waals surface area contributed by atoms with Gasteiger partial charge in [-0.25, -0.2) is 0 Å². The molecule has 4 aromatic carbocycles. The summed E-state index contributed by atoms with van der Waals surface area (Å²) in [6.45, 7) is 0. The van der Waals surface area contributed by atoms with E-state index in [0.717, 1.165) is 22.8 Å². The Balaban J connectivity index is 1.73. The molecular formula is C24H18NO+. The first-order chi connectivity index (χ1) is 12.8. The Morgan fingerprint density at radius 2 is 1.15 bits per heavy atom. The highest BCUT2D eigenvalue weighted by Gasteiger charge is 2.22. The van der Waals surface area contributed by atoms with E-state index in [1.807, 2.05) is 7.05 Å². The third kappa shape index (κ3) is 2.31. The van der Waals surface area contributed by atoms with Gasteiger partial charge >= 0.3 is 5.89 Å². The number of nitrogens with zero attached hydrogens (tertiary/aromatic N) is 1. The first-order valence-electron chi connectivity index (χ1n) is 8.77. The van der Waals surface area contributed by atoms with Crippen molar-refractivity contribution >= 4 is 21.5 Å². The lowest BCUT2D eigenvalue weighted by Crippen LogP contribution is -2.27. The third-order valence-corrected chi connectivity index (χ3v) is 4.91. The van der Waals surface area contributed by atoms with Gasteiger partial charge in [0.05, 0.1) is 5.56 Å². The average molecular weight is 336 g/mol. The van der Waals surface area contributed by atoms with Crippen LogP contribution in [0.2, 0.25) is 0 Å². The molecule has 1 aromatic heterocycles. The molecule has 0 aliphatic rings. The van der Waals surface area contributed by atoms with E-state index in [0.29, 0.717) is 0 Å². The third-order valence-electron chi connectivity index (χ3n) is 4.91. The van der Waals surface area contributed by atoms with Crippen LogP contribution in [0.25, 0.3) is 44.3 Å². The van der Waals surface area contributed by atoms with Crippen molar-refractivity contribution in [2.24, 2.45) is 7.05 Å². The van der Waals surface area contributed by atoms with Crippen molar-refractivity contribution in [1.82, 2.24) is 0 Å². The summed E-state index contributed by atoms with van der Waals surface area (Å²) in [7, 11) is 2.04. The molecule has 0 fully saturated rings. The van der Waals surface area contributed by atoms with Crippen LogP contribution in [-0.2, 0) is 7.05 Å². The zero-order valence-corrected chi connectivity index (χ0v) is 14.5. The van der Waals surface area contributed by atoms with Crippen LogP contribution >= 0.6 is 0 Å². The van der Waals surface area contributed by atoms with Crippen molar-refractivity contribution in [1.29, 1.82) is 0 Å². The van der Waals surface area contributed by atoms with Gasteiger partial charge in [-0.3, -0.25) is 0 Å². The summed E-state index contributed by atoms with van der Waals surface area (Å²) in [5, 5.41) is 4.84. The molecule has 0 saturated heterocycles. The van der Waals surface area contributed by atoms with E-state index in [-0.39, 0.29) is 0 Å². The molecule has 1 heterocycles. The Labute approximate surface area is 151 Å². The summed E-state index contributed by atoms with van der Waals surface area (Å²) in [6.07, 6.45) is 2.07. The van der Waals surface area contributed by atoms with Gasteiger partial charge in [0, 0.05) is 5.56 Å². The Bertz CT molecular complexity index is 1240. The molecule has 2 heteroatoms. The second-order valence-corrected chi connectivity index (χ2v) is 6.56. The Hall–Kier alpha value is -3.39. The second kappa shape index (κ2) is 5.85. The zero-order valence-electron chi connectivity index (χ0n) is 14.5. The zero-order chi connectivity index (χ0) is 17.5. The average Bonchev–Trinajstić information content (AvgIpc) is 3.08. The first kappa shape index (κ1) is 14.9. The number of aryl methyl sites for hydroxylation is 1. The largest absolute Gasteiger partial charge is 0.398 e. The van der Waals surface area contributed by atoms with Gasteiger partial charge < -0.3 is 4.42 Å². The standard InChI is InChI=1S/C24H18NO/c1-25-16-23(21-14-6-10-17-8-2-4-12-19(17)21)26-24(25)22-15-7-11-18-9-3-5-13-20(18)22/h2-16H,1H3/q+1. The minimum Gasteiger partial charge on any atom is -0.398 e. The van der Waals surface area contributed by atoms with Crippen LogP contribution in [-0.4, -0.2) is 0 Å². The first-order valence-corrected chi connectivity index (χ1v) is 8.77. The van der Waals surface area contributed by atoms with Crippen LogP contribution < -0.4 is 4.57 Å². The number of benzene rings is 4. The van der Waals surface area contributed by atoms with Crippen molar-refractivity contribution in [2.45, 2.75) is 0 Å². The lowest BCUT2D eigenvalue weighted by Gasteiger charge is -2.02. The summed E-state index contributed by atoms with van der Waals surface area (Å²) < 4.78 is 8.43. The maximum atomic E-state index is 6.37. The predicted octanol–water partition coefficient (Wildman–Crippen LogP) is 5.74. The molecule has 0 spiro atoms. The predicted molar refractivity (Wildman–Crippen MR) is 106 cm³/mol. The fraction of sp³-hybridized carbons (Fsp3) is 0.0417. The number of rotatable bonds is 2. The molecule has 0 saturated carbocycles. The van der Waals surface area contributed by atoms with Gasteiger partial charge in [-0.1, -0.05) is 78.9 Å². The van der Waals surface area contributed by atoms with Crippen LogP contribution in [0.4, 0.5) is 0 Å². The minimum absolute atomic E-state index is 0.865. The van der Waals surface area contributed by atoms with Gasteiger partial charge in [0.1, 0.15) is 7.05 Å². The molecule has 0 atom stereocenters. The summed E-state index contributed by atoms with van der Waals surface area (Å²) >= 11 is 0. The normalized spacial score (nSPS) is 11.3. The minimum atomic E-state index is 0.865. The van der Waals surface area contributed by atoms with Crippen LogP contribution in [0.3, 0.4) is 0 Å². The van der Waals surface area contributed by atoms with Crippen LogP contribution in [0, 0.1) is 0 Å². The van der Waals surface area contributed by atoms with Gasteiger partial charge in [0.2, 0.25) is 12.0 Å². The van der Waals surface area contributed by atoms with E-state index in [1.165, 1.54) is 21.5 Å². The molecule has 0 aliphatic heterocycles. The number of hydrogen-bond donors (Lipinski definition) is 0. The van der Waals surface area contributed by atoms with Gasteiger partial charge in [0.15, 0.2) is 0 Å². The summed E-state index contributed by atoms with van der Waals surface area (Å²) in [5.74, 6) is 1.75. The number of aromatic nitrogens is 1. The van der Waals surface area contributed by atoms with E-state index in [9.17, 15) is 0 Å². The quantitative estimate of drug-likeness (QED) is 0.375. The molecule has 0 amide bonds. The molecular weight excluding hydrogens is 318 g/mol. The van der Waals surface area contributed by atoms with Crippen molar-refractivity contribution in [3.8, 4) is 22.8 Å². The maximum absolute atomic E-state index is 6.37. The maximum Gasteiger partial charge on any atom is 0.381 e. The molecule has 2 nitrogen and oxygen atoms in total. The molecule has 0 bridgehead atoms. The molecule has 124 valence electrons. The highest BCUT2D eigenvalue weighted by molar-refractivity contribution is 5.96. The molecule has 0 N–H and O–H groups in total. The summed E-state index contributed by atoms with van der Waals surface area (Å²) in [4.78, 5) is 0. The van der Waals surface area contributed by atoms with Gasteiger partial charge in [0.25, 0.3) is 0 Å². The van der Waals surface area contributed by atoms with Gasteiger partial charge in [-0.05, 0) is 27.6 Å². The SMILES string of the molecule is C[n+]1cc(-c2cccc3ccccc23)oc1-c1cccc2ccccc12. The fourth-order valence-corrected chi connectivity index (χ4v) is 3.66. The van der Waals surface area contributed by atoms with Crippen molar-refractivity contribution < 1.29 is 8.98 Å². The number of fused-ring (bicyclic) bond motifs is 2.